The molecule has 1 aliphatic carbocycles. The van der Waals surface area contributed by atoms with Crippen LogP contribution >= 0.6 is 0 Å². The number of nitrogens with zero attached hydrogens (tertiary/aromatic N) is 5. The third kappa shape index (κ3) is 3.75. The number of hydrogen-bond acceptors (Lipinski definition) is 7. The molecule has 1 amide bonds. The minimum absolute atomic E-state index is 0.00135. The summed E-state index contributed by atoms with van der Waals surface area (Å²) in [5.41, 5.74) is 3.09. The van der Waals surface area contributed by atoms with E-state index in [-0.39, 0.29) is 5.91 Å². The first kappa shape index (κ1) is 20.6. The Morgan fingerprint density at radius 3 is 2.48 bits per heavy atom. The number of piperidine rings is 1. The van der Waals surface area contributed by atoms with Gasteiger partial charge in [0.05, 0.1) is 30.2 Å². The Bertz CT molecular complexity index is 1150. The second-order valence-electron chi connectivity index (χ2n) is 9.10. The van der Waals surface area contributed by atoms with Crippen LogP contribution in [-0.2, 0) is 9.47 Å². The summed E-state index contributed by atoms with van der Waals surface area (Å²) < 4.78 is 18.7. The van der Waals surface area contributed by atoms with Gasteiger partial charge >= 0.3 is 0 Å². The van der Waals surface area contributed by atoms with E-state index >= 15 is 0 Å². The molecule has 9 heteroatoms. The zero-order valence-corrected chi connectivity index (χ0v) is 18.7. The van der Waals surface area contributed by atoms with E-state index in [0.29, 0.717) is 62.1 Å². The third-order valence-corrected chi connectivity index (χ3v) is 7.04. The van der Waals surface area contributed by atoms with E-state index in [1.54, 1.807) is 4.68 Å². The number of carbonyl (C=O) groups is 1. The van der Waals surface area contributed by atoms with E-state index in [9.17, 15) is 4.79 Å². The maximum atomic E-state index is 13.2. The lowest BCUT2D eigenvalue weighted by atomic mass is 9.85. The predicted molar refractivity (Wildman–Crippen MR) is 118 cm³/mol. The fourth-order valence-corrected chi connectivity index (χ4v) is 4.75. The van der Waals surface area contributed by atoms with Crippen molar-refractivity contribution in [1.29, 1.82) is 0 Å². The SMILES string of the molecule is Cc1nn(-c2ccc(-c3noc(C4CCC4)n3)cc2)cc1C(=O)N1CCC2(CC1)OCCO2. The molecule has 0 N–H and O–H groups in total. The van der Waals surface area contributed by atoms with Crippen molar-refractivity contribution in [3.63, 3.8) is 0 Å². The van der Waals surface area contributed by atoms with Crippen molar-refractivity contribution in [2.45, 2.75) is 50.7 Å². The second kappa shape index (κ2) is 8.07. The lowest BCUT2D eigenvalue weighted by Crippen LogP contribution is -2.47. The normalized spacial score (nSPS) is 20.3. The highest BCUT2D eigenvalue weighted by Gasteiger charge is 2.41. The van der Waals surface area contributed by atoms with Crippen molar-refractivity contribution in [3.8, 4) is 17.1 Å². The van der Waals surface area contributed by atoms with Gasteiger partial charge in [-0.15, -0.1) is 0 Å². The molecule has 4 heterocycles. The number of amides is 1. The molecule has 1 aromatic carbocycles. The molecule has 6 rings (SSSR count). The smallest absolute Gasteiger partial charge is 0.257 e. The van der Waals surface area contributed by atoms with Gasteiger partial charge in [0.15, 0.2) is 5.79 Å². The molecule has 33 heavy (non-hydrogen) atoms. The average molecular weight is 450 g/mol. The Balaban J connectivity index is 1.16. The van der Waals surface area contributed by atoms with E-state index in [0.717, 1.165) is 30.0 Å². The quantitative estimate of drug-likeness (QED) is 0.602. The van der Waals surface area contributed by atoms with Gasteiger partial charge in [-0.3, -0.25) is 4.79 Å². The topological polar surface area (TPSA) is 95.5 Å². The molecular weight excluding hydrogens is 422 g/mol. The van der Waals surface area contributed by atoms with Crippen LogP contribution in [0.4, 0.5) is 0 Å². The molecule has 1 saturated carbocycles. The highest BCUT2D eigenvalue weighted by atomic mass is 16.7. The Morgan fingerprint density at radius 1 is 1.09 bits per heavy atom. The van der Waals surface area contributed by atoms with Crippen molar-refractivity contribution in [3.05, 3.63) is 47.6 Å². The monoisotopic (exact) mass is 449 g/mol. The lowest BCUT2D eigenvalue weighted by Gasteiger charge is -2.37. The Labute approximate surface area is 191 Å². The number of likely N-dealkylation sites (tertiary alicyclic amines) is 1. The van der Waals surface area contributed by atoms with Gasteiger partial charge in [0.1, 0.15) is 0 Å². The van der Waals surface area contributed by atoms with Gasteiger partial charge in [0.25, 0.3) is 5.91 Å². The number of hydrogen-bond donors (Lipinski definition) is 0. The van der Waals surface area contributed by atoms with E-state index < -0.39 is 5.79 Å². The summed E-state index contributed by atoms with van der Waals surface area (Å²) in [4.78, 5) is 19.6. The van der Waals surface area contributed by atoms with E-state index in [1.807, 2.05) is 42.3 Å². The van der Waals surface area contributed by atoms with Crippen molar-refractivity contribution in [1.82, 2.24) is 24.8 Å². The lowest BCUT2D eigenvalue weighted by molar-refractivity contribution is -0.181. The molecule has 3 aliphatic rings. The standard InChI is InChI=1S/C24H27N5O4/c1-16-20(23(30)28-11-9-24(10-12-28)31-13-14-32-24)15-29(26-16)19-7-5-17(6-8-19)21-25-22(33-27-21)18-3-2-4-18/h5-8,15,18H,2-4,9-14H2,1H3. The van der Waals surface area contributed by atoms with Gasteiger partial charge in [-0.1, -0.05) is 11.6 Å². The molecule has 0 atom stereocenters. The molecule has 3 aromatic rings. The average Bonchev–Trinajstić information content (AvgIpc) is 3.54. The minimum Gasteiger partial charge on any atom is -0.347 e. The van der Waals surface area contributed by atoms with Gasteiger partial charge < -0.3 is 18.9 Å². The van der Waals surface area contributed by atoms with Crippen LogP contribution in [0.15, 0.2) is 35.0 Å². The maximum absolute atomic E-state index is 13.2. The Morgan fingerprint density at radius 2 is 1.82 bits per heavy atom. The molecule has 3 fully saturated rings. The van der Waals surface area contributed by atoms with Crippen molar-refractivity contribution >= 4 is 5.91 Å². The van der Waals surface area contributed by atoms with E-state index in [2.05, 4.69) is 15.2 Å². The van der Waals surface area contributed by atoms with Gasteiger partial charge in [-0.25, -0.2) is 4.68 Å². The molecule has 1 spiro atoms. The van der Waals surface area contributed by atoms with Gasteiger partial charge in [0.2, 0.25) is 11.7 Å². The van der Waals surface area contributed by atoms with E-state index in [4.69, 9.17) is 14.0 Å². The summed E-state index contributed by atoms with van der Waals surface area (Å²) in [7, 11) is 0. The van der Waals surface area contributed by atoms with Crippen molar-refractivity contribution < 1.29 is 18.8 Å². The molecule has 2 aromatic heterocycles. The van der Waals surface area contributed by atoms with Gasteiger partial charge in [-0.05, 0) is 44.0 Å². The molecule has 0 radical (unpaired) electrons. The van der Waals surface area contributed by atoms with Crippen LogP contribution < -0.4 is 0 Å². The molecule has 0 bridgehead atoms. The molecule has 2 aliphatic heterocycles. The maximum Gasteiger partial charge on any atom is 0.257 e. The highest BCUT2D eigenvalue weighted by Crippen LogP contribution is 2.36. The number of carbonyl (C=O) groups excluding carboxylic acids is 1. The minimum atomic E-state index is -0.491. The van der Waals surface area contributed by atoms with Gasteiger partial charge in [-0.2, -0.15) is 10.1 Å². The summed E-state index contributed by atoms with van der Waals surface area (Å²) >= 11 is 0. The first-order valence-corrected chi connectivity index (χ1v) is 11.7. The van der Waals surface area contributed by atoms with Crippen LogP contribution in [0, 0.1) is 6.92 Å². The summed E-state index contributed by atoms with van der Waals surface area (Å²) in [6, 6.07) is 7.81. The largest absolute Gasteiger partial charge is 0.347 e. The van der Waals surface area contributed by atoms with Crippen LogP contribution in [0.5, 0.6) is 0 Å². The zero-order valence-electron chi connectivity index (χ0n) is 18.7. The number of rotatable bonds is 4. The Hall–Kier alpha value is -3.04. The Kier molecular flexibility index (Phi) is 5.03. The third-order valence-electron chi connectivity index (χ3n) is 7.04. The highest BCUT2D eigenvalue weighted by molar-refractivity contribution is 5.95. The summed E-state index contributed by atoms with van der Waals surface area (Å²) in [6.45, 7) is 4.37. The van der Waals surface area contributed by atoms with Crippen LogP contribution in [0.25, 0.3) is 17.1 Å². The fraction of sp³-hybridized carbons (Fsp3) is 0.500. The second-order valence-corrected chi connectivity index (χ2v) is 9.10. The number of benzene rings is 1. The van der Waals surface area contributed by atoms with Crippen LogP contribution in [0.3, 0.4) is 0 Å². The fourth-order valence-electron chi connectivity index (χ4n) is 4.75. The summed E-state index contributed by atoms with van der Waals surface area (Å²) in [6.07, 6.45) is 6.69. The number of aryl methyl sites for hydroxylation is 1. The van der Waals surface area contributed by atoms with Crippen molar-refractivity contribution in [2.24, 2.45) is 0 Å². The molecule has 0 unspecified atom stereocenters. The van der Waals surface area contributed by atoms with E-state index in [1.165, 1.54) is 6.42 Å². The van der Waals surface area contributed by atoms with Crippen LogP contribution in [0.2, 0.25) is 0 Å². The molecule has 9 nitrogen and oxygen atoms in total. The van der Waals surface area contributed by atoms with Crippen molar-refractivity contribution in [2.75, 3.05) is 26.3 Å². The first-order chi connectivity index (χ1) is 16.1. The van der Waals surface area contributed by atoms with Crippen LogP contribution in [-0.4, -0.2) is 62.8 Å². The molecular formula is C24H27N5O4. The van der Waals surface area contributed by atoms with Gasteiger partial charge in [0, 0.05) is 43.6 Å². The first-order valence-electron chi connectivity index (χ1n) is 11.7. The predicted octanol–water partition coefficient (Wildman–Crippen LogP) is 3.48. The summed E-state index contributed by atoms with van der Waals surface area (Å²) in [5, 5.41) is 8.72. The number of ether oxygens (including phenoxy) is 2. The summed E-state index contributed by atoms with van der Waals surface area (Å²) in [5.74, 6) is 1.26. The zero-order chi connectivity index (χ0) is 22.4. The number of aromatic nitrogens is 4. The molecule has 2 saturated heterocycles. The van der Waals surface area contributed by atoms with Crippen LogP contribution in [0.1, 0.15) is 60.0 Å². The molecule has 172 valence electrons.